The Morgan fingerprint density at radius 2 is 1.86 bits per heavy atom. The van der Waals surface area contributed by atoms with E-state index in [1.54, 1.807) is 0 Å². The molecule has 1 aromatic rings. The summed E-state index contributed by atoms with van der Waals surface area (Å²) in [6, 6.07) is 6.35. The Bertz CT molecular complexity index is 561. The monoisotopic (exact) mass is 288 g/mol. The third-order valence-electron chi connectivity index (χ3n) is 4.80. The van der Waals surface area contributed by atoms with Gasteiger partial charge in [0.1, 0.15) is 13.2 Å². The van der Waals surface area contributed by atoms with Gasteiger partial charge in [0.05, 0.1) is 5.56 Å². The van der Waals surface area contributed by atoms with Crippen molar-refractivity contribution in [2.45, 2.75) is 43.8 Å². The lowest BCUT2D eigenvalue weighted by Gasteiger charge is -2.38. The predicted molar refractivity (Wildman–Crippen MR) is 77.6 cm³/mol. The summed E-state index contributed by atoms with van der Waals surface area (Å²) in [5.74, 6) is 1.34. The van der Waals surface area contributed by atoms with Crippen LogP contribution in [0.3, 0.4) is 0 Å². The zero-order valence-electron chi connectivity index (χ0n) is 12.0. The van der Waals surface area contributed by atoms with E-state index in [0.29, 0.717) is 30.3 Å². The molecule has 3 heterocycles. The Morgan fingerprint density at radius 3 is 2.62 bits per heavy atom. The van der Waals surface area contributed by atoms with Gasteiger partial charge in [0, 0.05) is 18.1 Å². The number of benzene rings is 1. The Hall–Kier alpha value is -1.75. The molecule has 4 rings (SSSR count). The number of carbonyl (C=O) groups excluding carboxylic acids is 1. The van der Waals surface area contributed by atoms with Crippen molar-refractivity contribution in [3.63, 3.8) is 0 Å². The number of carbonyl (C=O) groups is 1. The highest BCUT2D eigenvalue weighted by Gasteiger charge is 2.43. The van der Waals surface area contributed by atoms with Crippen LogP contribution >= 0.6 is 0 Å². The van der Waals surface area contributed by atoms with Gasteiger partial charge < -0.3 is 20.1 Å². The zero-order chi connectivity index (χ0) is 14.4. The van der Waals surface area contributed by atoms with E-state index in [4.69, 9.17) is 15.2 Å². The molecule has 2 saturated heterocycles. The van der Waals surface area contributed by atoms with Gasteiger partial charge in [-0.15, -0.1) is 0 Å². The summed E-state index contributed by atoms with van der Waals surface area (Å²) in [6.07, 6.45) is 3.95. The van der Waals surface area contributed by atoms with Crippen molar-refractivity contribution in [2.24, 2.45) is 5.73 Å². The van der Waals surface area contributed by atoms with E-state index in [-0.39, 0.29) is 24.0 Å². The zero-order valence-corrected chi connectivity index (χ0v) is 12.0. The van der Waals surface area contributed by atoms with Crippen LogP contribution in [0, 0.1) is 0 Å². The second-order valence-electron chi connectivity index (χ2n) is 6.16. The van der Waals surface area contributed by atoms with E-state index < -0.39 is 0 Å². The highest BCUT2D eigenvalue weighted by atomic mass is 16.6. The first-order chi connectivity index (χ1) is 10.2. The molecular formula is C16H20N2O3. The van der Waals surface area contributed by atoms with Gasteiger partial charge in [-0.3, -0.25) is 4.79 Å². The Balaban J connectivity index is 1.67. The molecule has 0 aliphatic carbocycles. The molecule has 2 unspecified atom stereocenters. The fraction of sp³-hybridized carbons (Fsp3) is 0.562. The minimum absolute atomic E-state index is 0.0664. The van der Waals surface area contributed by atoms with Gasteiger partial charge in [0.25, 0.3) is 5.91 Å². The van der Waals surface area contributed by atoms with Crippen LogP contribution < -0.4 is 15.2 Å². The number of nitrogens with zero attached hydrogens (tertiary/aromatic N) is 1. The normalized spacial score (nSPS) is 30.3. The van der Waals surface area contributed by atoms with Gasteiger partial charge >= 0.3 is 0 Å². The maximum absolute atomic E-state index is 13.0. The number of piperidine rings is 1. The summed E-state index contributed by atoms with van der Waals surface area (Å²) in [7, 11) is 0. The molecular weight excluding hydrogens is 268 g/mol. The van der Waals surface area contributed by atoms with Crippen molar-refractivity contribution in [3.05, 3.63) is 23.8 Å². The predicted octanol–water partition coefficient (Wildman–Crippen LogP) is 1.55. The molecule has 2 atom stereocenters. The maximum Gasteiger partial charge on any atom is 0.258 e. The van der Waals surface area contributed by atoms with E-state index in [1.165, 1.54) is 0 Å². The lowest BCUT2D eigenvalue weighted by atomic mass is 9.97. The standard InChI is InChI=1S/C16H20N2O3/c17-10-8-11-4-5-12(9-10)18(11)16(19)13-2-1-3-14-15(13)21-7-6-20-14/h1-3,10-12H,4-9,17H2. The molecule has 1 amide bonds. The SMILES string of the molecule is NC1CC2CCC(C1)N2C(=O)c1cccc2c1OCCO2. The van der Waals surface area contributed by atoms with Crippen LogP contribution in [-0.4, -0.2) is 42.1 Å². The van der Waals surface area contributed by atoms with Crippen LogP contribution in [0.4, 0.5) is 0 Å². The van der Waals surface area contributed by atoms with Crippen LogP contribution in [0.25, 0.3) is 0 Å². The first-order valence-electron chi connectivity index (χ1n) is 7.71. The summed E-state index contributed by atoms with van der Waals surface area (Å²) in [5.41, 5.74) is 6.71. The largest absolute Gasteiger partial charge is 0.486 e. The Kier molecular flexibility index (Phi) is 3.03. The van der Waals surface area contributed by atoms with Crippen LogP contribution in [0.1, 0.15) is 36.0 Å². The van der Waals surface area contributed by atoms with Crippen molar-refractivity contribution in [2.75, 3.05) is 13.2 Å². The molecule has 21 heavy (non-hydrogen) atoms. The topological polar surface area (TPSA) is 64.8 Å². The molecule has 0 saturated carbocycles. The quantitative estimate of drug-likeness (QED) is 0.851. The maximum atomic E-state index is 13.0. The van der Waals surface area contributed by atoms with Gasteiger partial charge in [0.15, 0.2) is 11.5 Å². The lowest BCUT2D eigenvalue weighted by molar-refractivity contribution is 0.0566. The number of hydrogen-bond acceptors (Lipinski definition) is 4. The van der Waals surface area contributed by atoms with Gasteiger partial charge in [-0.25, -0.2) is 0 Å². The highest BCUT2D eigenvalue weighted by molar-refractivity contribution is 5.98. The second-order valence-corrected chi connectivity index (χ2v) is 6.16. The third kappa shape index (κ3) is 2.07. The lowest BCUT2D eigenvalue weighted by Crippen LogP contribution is -2.50. The molecule has 5 heteroatoms. The molecule has 3 aliphatic heterocycles. The first kappa shape index (κ1) is 13.0. The molecule has 0 aromatic heterocycles. The highest BCUT2D eigenvalue weighted by Crippen LogP contribution is 2.39. The number of amides is 1. The molecule has 1 aromatic carbocycles. The van der Waals surface area contributed by atoms with Gasteiger partial charge in [-0.1, -0.05) is 6.07 Å². The van der Waals surface area contributed by atoms with Crippen molar-refractivity contribution in [1.82, 2.24) is 4.90 Å². The number of para-hydroxylation sites is 1. The summed E-state index contributed by atoms with van der Waals surface area (Å²) >= 11 is 0. The summed E-state index contributed by atoms with van der Waals surface area (Å²) in [4.78, 5) is 15.0. The van der Waals surface area contributed by atoms with Crippen LogP contribution in [0.15, 0.2) is 18.2 Å². The van der Waals surface area contributed by atoms with Crippen LogP contribution in [0.2, 0.25) is 0 Å². The van der Waals surface area contributed by atoms with Gasteiger partial charge in [-0.05, 0) is 37.8 Å². The molecule has 0 spiro atoms. The van der Waals surface area contributed by atoms with Crippen LogP contribution in [0.5, 0.6) is 11.5 Å². The minimum atomic E-state index is 0.0664. The molecule has 5 nitrogen and oxygen atoms in total. The second kappa shape index (κ2) is 4.91. The van der Waals surface area contributed by atoms with Crippen LogP contribution in [-0.2, 0) is 0 Å². The fourth-order valence-electron chi connectivity index (χ4n) is 3.93. The van der Waals surface area contributed by atoms with Gasteiger partial charge in [-0.2, -0.15) is 0 Å². The summed E-state index contributed by atoms with van der Waals surface area (Å²) < 4.78 is 11.3. The number of rotatable bonds is 1. The number of hydrogen-bond donors (Lipinski definition) is 1. The van der Waals surface area contributed by atoms with Crippen molar-refractivity contribution in [3.8, 4) is 11.5 Å². The molecule has 2 fully saturated rings. The van der Waals surface area contributed by atoms with E-state index in [2.05, 4.69) is 0 Å². The van der Waals surface area contributed by atoms with Crippen molar-refractivity contribution < 1.29 is 14.3 Å². The smallest absolute Gasteiger partial charge is 0.258 e. The first-order valence-corrected chi connectivity index (χ1v) is 7.71. The molecule has 3 aliphatic rings. The van der Waals surface area contributed by atoms with Crippen molar-refractivity contribution in [1.29, 1.82) is 0 Å². The van der Waals surface area contributed by atoms with E-state index in [9.17, 15) is 4.79 Å². The molecule has 112 valence electrons. The average molecular weight is 288 g/mol. The summed E-state index contributed by atoms with van der Waals surface area (Å²) in [5, 5.41) is 0. The molecule has 2 bridgehead atoms. The van der Waals surface area contributed by atoms with E-state index >= 15 is 0 Å². The Morgan fingerprint density at radius 1 is 1.14 bits per heavy atom. The number of ether oxygens (including phenoxy) is 2. The van der Waals surface area contributed by atoms with Crippen molar-refractivity contribution >= 4 is 5.91 Å². The van der Waals surface area contributed by atoms with Gasteiger partial charge in [0.2, 0.25) is 0 Å². The summed E-state index contributed by atoms with van der Waals surface area (Å²) in [6.45, 7) is 1.03. The Labute approximate surface area is 124 Å². The third-order valence-corrected chi connectivity index (χ3v) is 4.80. The number of nitrogens with two attached hydrogens (primary N) is 1. The molecule has 2 N–H and O–H groups in total. The molecule has 0 radical (unpaired) electrons. The van der Waals surface area contributed by atoms with E-state index in [1.807, 2.05) is 23.1 Å². The van der Waals surface area contributed by atoms with E-state index in [0.717, 1.165) is 25.7 Å². The average Bonchev–Trinajstić information content (AvgIpc) is 2.78. The number of fused-ring (bicyclic) bond motifs is 3. The fourth-order valence-corrected chi connectivity index (χ4v) is 3.93. The minimum Gasteiger partial charge on any atom is -0.486 e.